The second-order valence-electron chi connectivity index (χ2n) is 6.38. The maximum absolute atomic E-state index is 13.1. The minimum absolute atomic E-state index is 0.0750. The van der Waals surface area contributed by atoms with Crippen molar-refractivity contribution >= 4 is 46.3 Å². The lowest BCUT2D eigenvalue weighted by molar-refractivity contribution is 0.655. The number of hydrazone groups is 1. The predicted octanol–water partition coefficient (Wildman–Crippen LogP) is 2.64. The molecular formula is C19H17ClN6O2S. The van der Waals surface area contributed by atoms with Crippen LogP contribution in [0.25, 0.3) is 11.2 Å². The SMILES string of the molecule is Cn1c(NN=Cc2cccs2)nc2c1c(=O)n(Cc1ccccc1Cl)c(=O)n2C. The minimum Gasteiger partial charge on any atom is -0.306 e. The van der Waals surface area contributed by atoms with E-state index in [1.807, 2.05) is 23.6 Å². The van der Waals surface area contributed by atoms with Crippen molar-refractivity contribution in [2.75, 3.05) is 5.43 Å². The van der Waals surface area contributed by atoms with Crippen LogP contribution in [0.15, 0.2) is 56.5 Å². The zero-order valence-corrected chi connectivity index (χ0v) is 17.2. The van der Waals surface area contributed by atoms with Crippen molar-refractivity contribution in [2.45, 2.75) is 6.54 Å². The van der Waals surface area contributed by atoms with Crippen molar-refractivity contribution < 1.29 is 0 Å². The molecule has 0 saturated carbocycles. The van der Waals surface area contributed by atoms with Crippen LogP contribution in [0, 0.1) is 0 Å². The molecule has 3 heterocycles. The van der Waals surface area contributed by atoms with Crippen molar-refractivity contribution in [2.24, 2.45) is 19.2 Å². The Kier molecular flexibility index (Phi) is 5.08. The highest BCUT2D eigenvalue weighted by molar-refractivity contribution is 7.11. The molecule has 4 rings (SSSR count). The molecule has 0 aliphatic rings. The fourth-order valence-corrected chi connectivity index (χ4v) is 3.78. The number of anilines is 1. The van der Waals surface area contributed by atoms with Gasteiger partial charge in [0.05, 0.1) is 12.8 Å². The molecule has 1 N–H and O–H groups in total. The summed E-state index contributed by atoms with van der Waals surface area (Å²) in [5, 5.41) is 6.61. The van der Waals surface area contributed by atoms with Crippen LogP contribution in [0.4, 0.5) is 5.95 Å². The van der Waals surface area contributed by atoms with Crippen molar-refractivity contribution in [3.05, 3.63) is 78.1 Å². The first-order valence-electron chi connectivity index (χ1n) is 8.69. The van der Waals surface area contributed by atoms with Gasteiger partial charge in [-0.15, -0.1) is 11.3 Å². The summed E-state index contributed by atoms with van der Waals surface area (Å²) in [5.74, 6) is 0.357. The summed E-state index contributed by atoms with van der Waals surface area (Å²) in [6, 6.07) is 11.0. The molecule has 0 fully saturated rings. The summed E-state index contributed by atoms with van der Waals surface area (Å²) in [4.78, 5) is 31.2. The van der Waals surface area contributed by atoms with Crippen LogP contribution in [0.2, 0.25) is 5.02 Å². The van der Waals surface area contributed by atoms with E-state index in [0.29, 0.717) is 22.1 Å². The maximum Gasteiger partial charge on any atom is 0.332 e. The third-order valence-electron chi connectivity index (χ3n) is 4.55. The topological polar surface area (TPSA) is 86.2 Å². The van der Waals surface area contributed by atoms with Gasteiger partial charge in [-0.3, -0.25) is 13.9 Å². The number of hydrogen-bond donors (Lipinski definition) is 1. The molecule has 0 aliphatic heterocycles. The van der Waals surface area contributed by atoms with Gasteiger partial charge in [0, 0.05) is 24.0 Å². The van der Waals surface area contributed by atoms with Crippen LogP contribution in [-0.2, 0) is 20.6 Å². The number of aromatic nitrogens is 4. The molecule has 0 bridgehead atoms. The Balaban J connectivity index is 1.78. The lowest BCUT2D eigenvalue weighted by Crippen LogP contribution is -2.39. The molecule has 10 heteroatoms. The molecule has 8 nitrogen and oxygen atoms in total. The maximum atomic E-state index is 13.1. The zero-order valence-electron chi connectivity index (χ0n) is 15.7. The highest BCUT2D eigenvalue weighted by Crippen LogP contribution is 2.17. The highest BCUT2D eigenvalue weighted by atomic mass is 35.5. The van der Waals surface area contributed by atoms with E-state index in [2.05, 4.69) is 15.5 Å². The number of nitrogens with zero attached hydrogens (tertiary/aromatic N) is 5. The highest BCUT2D eigenvalue weighted by Gasteiger charge is 2.19. The van der Waals surface area contributed by atoms with E-state index in [1.54, 1.807) is 54.4 Å². The smallest absolute Gasteiger partial charge is 0.306 e. The van der Waals surface area contributed by atoms with Gasteiger partial charge in [0.25, 0.3) is 5.56 Å². The third kappa shape index (κ3) is 3.50. The number of aryl methyl sites for hydroxylation is 2. The molecule has 1 aromatic carbocycles. The van der Waals surface area contributed by atoms with E-state index in [1.165, 1.54) is 4.57 Å². The van der Waals surface area contributed by atoms with Crippen molar-refractivity contribution in [1.82, 2.24) is 18.7 Å². The second kappa shape index (κ2) is 7.69. The fraction of sp³-hybridized carbons (Fsp3) is 0.158. The molecular weight excluding hydrogens is 412 g/mol. The summed E-state index contributed by atoms with van der Waals surface area (Å²) < 4.78 is 4.09. The van der Waals surface area contributed by atoms with Gasteiger partial charge >= 0.3 is 5.69 Å². The summed E-state index contributed by atoms with van der Waals surface area (Å²) >= 11 is 7.76. The Morgan fingerprint density at radius 2 is 1.97 bits per heavy atom. The Morgan fingerprint density at radius 1 is 1.17 bits per heavy atom. The summed E-state index contributed by atoms with van der Waals surface area (Å²) in [7, 11) is 3.28. The van der Waals surface area contributed by atoms with E-state index in [0.717, 1.165) is 9.44 Å². The Bertz CT molecular complexity index is 1330. The first kappa shape index (κ1) is 19.2. The monoisotopic (exact) mass is 428 g/mol. The first-order valence-corrected chi connectivity index (χ1v) is 9.95. The molecule has 0 aliphatic carbocycles. The van der Waals surface area contributed by atoms with Crippen LogP contribution < -0.4 is 16.7 Å². The van der Waals surface area contributed by atoms with Gasteiger partial charge in [0.2, 0.25) is 5.95 Å². The summed E-state index contributed by atoms with van der Waals surface area (Å²) in [5.41, 5.74) is 3.21. The largest absolute Gasteiger partial charge is 0.332 e. The van der Waals surface area contributed by atoms with Crippen LogP contribution in [0.5, 0.6) is 0 Å². The minimum atomic E-state index is -0.464. The molecule has 0 spiro atoms. The van der Waals surface area contributed by atoms with Gasteiger partial charge < -0.3 is 4.57 Å². The summed E-state index contributed by atoms with van der Waals surface area (Å²) in [6.45, 7) is 0.0750. The van der Waals surface area contributed by atoms with Crippen molar-refractivity contribution in [3.8, 4) is 0 Å². The lowest BCUT2D eigenvalue weighted by Gasteiger charge is -2.09. The van der Waals surface area contributed by atoms with E-state index in [9.17, 15) is 9.59 Å². The molecule has 0 amide bonds. The Hall–Kier alpha value is -3.17. The third-order valence-corrected chi connectivity index (χ3v) is 5.72. The lowest BCUT2D eigenvalue weighted by atomic mass is 10.2. The molecule has 0 atom stereocenters. The molecule has 0 radical (unpaired) electrons. The van der Waals surface area contributed by atoms with Crippen molar-refractivity contribution in [1.29, 1.82) is 0 Å². The van der Waals surface area contributed by atoms with Gasteiger partial charge in [-0.2, -0.15) is 10.1 Å². The number of fused-ring (bicyclic) bond motifs is 1. The average molecular weight is 429 g/mol. The van der Waals surface area contributed by atoms with Gasteiger partial charge in [-0.1, -0.05) is 35.9 Å². The molecule has 4 aromatic rings. The fourth-order valence-electron chi connectivity index (χ4n) is 3.00. The van der Waals surface area contributed by atoms with E-state index >= 15 is 0 Å². The number of nitrogens with one attached hydrogen (secondary N) is 1. The first-order chi connectivity index (χ1) is 14.0. The van der Waals surface area contributed by atoms with E-state index < -0.39 is 11.2 Å². The molecule has 29 heavy (non-hydrogen) atoms. The van der Waals surface area contributed by atoms with Crippen LogP contribution in [0.3, 0.4) is 0 Å². The molecule has 0 saturated heterocycles. The van der Waals surface area contributed by atoms with Gasteiger partial charge in [0.1, 0.15) is 0 Å². The average Bonchev–Trinajstić information content (AvgIpc) is 3.33. The Labute approximate surface area is 174 Å². The number of hydrogen-bond acceptors (Lipinski definition) is 6. The number of halogens is 1. The number of rotatable bonds is 5. The number of benzene rings is 1. The Morgan fingerprint density at radius 3 is 2.69 bits per heavy atom. The number of imidazole rings is 1. The summed E-state index contributed by atoms with van der Waals surface area (Å²) in [6.07, 6.45) is 1.67. The van der Waals surface area contributed by atoms with Crippen LogP contribution >= 0.6 is 22.9 Å². The second-order valence-corrected chi connectivity index (χ2v) is 7.76. The standard InChI is InChI=1S/C19H17ClN6O2S/c1-24-15-16(22-18(24)23-21-10-13-7-5-9-29-13)25(2)19(28)26(17(15)27)11-12-6-3-4-8-14(12)20/h3-10H,11H2,1-2H3,(H,22,23). The van der Waals surface area contributed by atoms with Gasteiger partial charge in [0.15, 0.2) is 11.2 Å². The molecule has 148 valence electrons. The zero-order chi connectivity index (χ0) is 20.5. The van der Waals surface area contributed by atoms with Crippen LogP contribution in [0.1, 0.15) is 10.4 Å². The molecule has 0 unspecified atom stereocenters. The van der Waals surface area contributed by atoms with E-state index in [4.69, 9.17) is 11.6 Å². The van der Waals surface area contributed by atoms with Crippen LogP contribution in [-0.4, -0.2) is 24.9 Å². The van der Waals surface area contributed by atoms with E-state index in [-0.39, 0.29) is 12.2 Å². The number of thiophene rings is 1. The quantitative estimate of drug-likeness (QED) is 0.391. The van der Waals surface area contributed by atoms with Gasteiger partial charge in [-0.25, -0.2) is 10.2 Å². The van der Waals surface area contributed by atoms with Crippen molar-refractivity contribution in [3.63, 3.8) is 0 Å². The van der Waals surface area contributed by atoms with Gasteiger partial charge in [-0.05, 0) is 23.1 Å². The normalized spacial score (nSPS) is 11.6. The predicted molar refractivity (Wildman–Crippen MR) is 116 cm³/mol. The molecule has 3 aromatic heterocycles.